The molecule has 6 nitrogen and oxygen atoms in total. The van der Waals surface area contributed by atoms with E-state index in [9.17, 15) is 22.8 Å². The molecule has 1 aliphatic heterocycles. The molecule has 1 unspecified atom stereocenters. The van der Waals surface area contributed by atoms with Crippen LogP contribution >= 0.6 is 23.2 Å². The Hall–Kier alpha value is -2.49. The zero-order valence-corrected chi connectivity index (χ0v) is 20.8. The molecular weight excluding hydrogens is 518 g/mol. The second-order valence-electron chi connectivity index (χ2n) is 9.17. The van der Waals surface area contributed by atoms with E-state index in [1.807, 2.05) is 0 Å². The maximum atomic E-state index is 13.4. The lowest BCUT2D eigenvalue weighted by Gasteiger charge is -2.28. The molecular formula is C25H26Cl2F3N3O3. The van der Waals surface area contributed by atoms with E-state index in [4.69, 9.17) is 23.2 Å². The summed E-state index contributed by atoms with van der Waals surface area (Å²) in [5.74, 6) is -1.05. The fourth-order valence-electron chi connectivity index (χ4n) is 4.44. The van der Waals surface area contributed by atoms with Crippen LogP contribution in [-0.4, -0.2) is 43.3 Å². The van der Waals surface area contributed by atoms with Crippen LogP contribution in [0.3, 0.4) is 0 Å². The second-order valence-corrected chi connectivity index (χ2v) is 10.0. The number of carbonyl (C=O) groups is 2. The van der Waals surface area contributed by atoms with E-state index in [1.54, 1.807) is 18.2 Å². The molecule has 1 aliphatic carbocycles. The summed E-state index contributed by atoms with van der Waals surface area (Å²) in [6.45, 7) is 1.53. The van der Waals surface area contributed by atoms with E-state index in [2.05, 4.69) is 20.7 Å². The summed E-state index contributed by atoms with van der Waals surface area (Å²) in [7, 11) is 0. The monoisotopic (exact) mass is 543 g/mol. The van der Waals surface area contributed by atoms with Crippen LogP contribution in [0.4, 0.5) is 13.2 Å². The van der Waals surface area contributed by atoms with Gasteiger partial charge < -0.3 is 20.7 Å². The summed E-state index contributed by atoms with van der Waals surface area (Å²) >= 11 is 12.3. The number of rotatable bonds is 8. The van der Waals surface area contributed by atoms with E-state index < -0.39 is 17.8 Å². The highest BCUT2D eigenvalue weighted by Crippen LogP contribution is 2.49. The lowest BCUT2D eigenvalue weighted by molar-refractivity contribution is -0.274. The number of benzene rings is 2. The zero-order valence-electron chi connectivity index (χ0n) is 19.3. The van der Waals surface area contributed by atoms with Crippen molar-refractivity contribution in [2.24, 2.45) is 0 Å². The number of carbonyl (C=O) groups excluding carboxylic acids is 2. The maximum Gasteiger partial charge on any atom is 0.573 e. The number of nitrogens with one attached hydrogen (secondary N) is 3. The lowest BCUT2D eigenvalue weighted by atomic mass is 9.93. The highest BCUT2D eigenvalue weighted by molar-refractivity contribution is 6.35. The molecule has 2 aromatic carbocycles. The summed E-state index contributed by atoms with van der Waals surface area (Å²) in [6, 6.07) is 9.27. The number of hydrogen-bond acceptors (Lipinski definition) is 4. The number of alkyl halides is 3. The molecule has 1 heterocycles. The summed E-state index contributed by atoms with van der Waals surface area (Å²) in [6.07, 6.45) is -1.85. The Kier molecular flexibility index (Phi) is 8.02. The van der Waals surface area contributed by atoms with E-state index >= 15 is 0 Å². The fraction of sp³-hybridized carbons (Fsp3) is 0.440. The first-order valence-electron chi connectivity index (χ1n) is 11.7. The van der Waals surface area contributed by atoms with Crippen molar-refractivity contribution in [2.75, 3.05) is 13.1 Å². The lowest BCUT2D eigenvalue weighted by Crippen LogP contribution is -2.55. The Morgan fingerprint density at radius 2 is 1.86 bits per heavy atom. The average Bonchev–Trinajstić information content (AvgIpc) is 3.62. The van der Waals surface area contributed by atoms with Crippen LogP contribution < -0.4 is 20.7 Å². The Morgan fingerprint density at radius 1 is 1.14 bits per heavy atom. The van der Waals surface area contributed by atoms with E-state index in [-0.39, 0.29) is 30.0 Å². The van der Waals surface area contributed by atoms with E-state index in [0.717, 1.165) is 19.4 Å². The summed E-state index contributed by atoms with van der Waals surface area (Å²) in [5, 5.41) is 9.97. The molecule has 1 saturated carbocycles. The van der Waals surface area contributed by atoms with E-state index in [0.29, 0.717) is 40.6 Å². The molecule has 0 aromatic heterocycles. The molecule has 3 N–H and O–H groups in total. The van der Waals surface area contributed by atoms with Gasteiger partial charge in [0.25, 0.3) is 0 Å². The topological polar surface area (TPSA) is 79.5 Å². The van der Waals surface area contributed by atoms with Gasteiger partial charge in [-0.2, -0.15) is 0 Å². The SMILES string of the molecule is O=C(N[C@@H]1CCCNC1)C(Cc1ccc(Cl)cc1Cl)NC(=O)C1(c2ccc(OC(F)(F)F)cc2)CC1. The predicted molar refractivity (Wildman–Crippen MR) is 130 cm³/mol. The summed E-state index contributed by atoms with van der Waals surface area (Å²) in [4.78, 5) is 26.7. The molecule has 0 spiro atoms. The predicted octanol–water partition coefficient (Wildman–Crippen LogP) is 4.52. The molecule has 36 heavy (non-hydrogen) atoms. The van der Waals surface area contributed by atoms with Gasteiger partial charge in [-0.1, -0.05) is 41.4 Å². The van der Waals surface area contributed by atoms with Crippen LogP contribution in [0.2, 0.25) is 10.0 Å². The number of ether oxygens (including phenoxy) is 1. The van der Waals surface area contributed by atoms with Gasteiger partial charge in [0.05, 0.1) is 5.41 Å². The number of hydrogen-bond donors (Lipinski definition) is 3. The van der Waals surface area contributed by atoms with Crippen LogP contribution in [0.25, 0.3) is 0 Å². The number of amides is 2. The Balaban J connectivity index is 1.51. The van der Waals surface area contributed by atoms with E-state index in [1.165, 1.54) is 24.3 Å². The van der Waals surface area contributed by atoms with Gasteiger partial charge in [-0.05, 0) is 67.6 Å². The highest BCUT2D eigenvalue weighted by Gasteiger charge is 2.52. The first kappa shape index (κ1) is 26.6. The third-order valence-electron chi connectivity index (χ3n) is 6.53. The van der Waals surface area contributed by atoms with Crippen molar-refractivity contribution < 1.29 is 27.5 Å². The molecule has 4 rings (SSSR count). The first-order chi connectivity index (χ1) is 17.1. The van der Waals surface area contributed by atoms with Crippen molar-refractivity contribution in [3.8, 4) is 5.75 Å². The van der Waals surface area contributed by atoms with Gasteiger partial charge >= 0.3 is 6.36 Å². The average molecular weight is 544 g/mol. The molecule has 2 aromatic rings. The van der Waals surface area contributed by atoms with Gasteiger partial charge in [-0.15, -0.1) is 13.2 Å². The number of piperidine rings is 1. The molecule has 2 amide bonds. The normalized spacial score (nSPS) is 19.8. The molecule has 2 aliphatic rings. The Bertz CT molecular complexity index is 1100. The quantitative estimate of drug-likeness (QED) is 0.457. The standard InChI is InChI=1S/C25H26Cl2F3N3O3/c26-17-6-3-15(20(27)13-17)12-21(22(34)32-18-2-1-11-31-14-18)33-23(35)24(9-10-24)16-4-7-19(8-5-16)36-25(28,29)30/h3-8,13,18,21,31H,1-2,9-12,14H2,(H,32,34)(H,33,35)/t18-,21?/m1/s1. The maximum absolute atomic E-state index is 13.4. The van der Waals surface area contributed by atoms with Crippen molar-refractivity contribution in [3.05, 3.63) is 63.6 Å². The third-order valence-corrected chi connectivity index (χ3v) is 7.12. The van der Waals surface area contributed by atoms with Gasteiger partial charge in [0, 0.05) is 29.1 Å². The van der Waals surface area contributed by atoms with Crippen molar-refractivity contribution in [2.45, 2.75) is 56.0 Å². The smallest absolute Gasteiger partial charge is 0.406 e. The molecule has 1 saturated heterocycles. The second kappa shape index (κ2) is 10.9. The largest absolute Gasteiger partial charge is 0.573 e. The minimum Gasteiger partial charge on any atom is -0.406 e. The van der Waals surface area contributed by atoms with Crippen molar-refractivity contribution in [1.82, 2.24) is 16.0 Å². The fourth-order valence-corrected chi connectivity index (χ4v) is 4.92. The first-order valence-corrected chi connectivity index (χ1v) is 12.4. The minimum atomic E-state index is -4.80. The molecule has 0 bridgehead atoms. The van der Waals surface area contributed by atoms with Crippen molar-refractivity contribution >= 4 is 35.0 Å². The number of halogens is 5. The zero-order chi connectivity index (χ0) is 25.9. The van der Waals surface area contributed by atoms with Crippen LogP contribution in [-0.2, 0) is 21.4 Å². The van der Waals surface area contributed by atoms with Crippen molar-refractivity contribution in [1.29, 1.82) is 0 Å². The van der Waals surface area contributed by atoms with Crippen LogP contribution in [0.15, 0.2) is 42.5 Å². The third kappa shape index (κ3) is 6.63. The van der Waals surface area contributed by atoms with Crippen LogP contribution in [0.5, 0.6) is 5.75 Å². The Morgan fingerprint density at radius 3 is 2.44 bits per heavy atom. The van der Waals surface area contributed by atoms with Gasteiger partial charge in [-0.3, -0.25) is 9.59 Å². The molecule has 11 heteroatoms. The van der Waals surface area contributed by atoms with Crippen LogP contribution in [0, 0.1) is 0 Å². The van der Waals surface area contributed by atoms with Gasteiger partial charge in [0.2, 0.25) is 11.8 Å². The summed E-state index contributed by atoms with van der Waals surface area (Å²) in [5.41, 5.74) is 0.308. The Labute approximate surface area is 216 Å². The van der Waals surface area contributed by atoms with Gasteiger partial charge in [0.1, 0.15) is 11.8 Å². The molecule has 194 valence electrons. The summed E-state index contributed by atoms with van der Waals surface area (Å²) < 4.78 is 41.4. The van der Waals surface area contributed by atoms with Gasteiger partial charge in [0.15, 0.2) is 0 Å². The van der Waals surface area contributed by atoms with Crippen molar-refractivity contribution in [3.63, 3.8) is 0 Å². The molecule has 0 radical (unpaired) electrons. The highest BCUT2D eigenvalue weighted by atomic mass is 35.5. The molecule has 2 atom stereocenters. The van der Waals surface area contributed by atoms with Gasteiger partial charge in [-0.25, -0.2) is 0 Å². The molecule has 2 fully saturated rings. The minimum absolute atomic E-state index is 0.0533. The van der Waals surface area contributed by atoms with Crippen LogP contribution in [0.1, 0.15) is 36.8 Å².